The van der Waals surface area contributed by atoms with Gasteiger partial charge in [0, 0.05) is 10.4 Å². The standard InChI is InChI=1S/C18H17BrO3/c1-22-18(21)17(20)15(14-9-5-6-10-16(14)19)12-11-13-7-3-2-4-8-13/h2-12,15,17,20H,1H3/b12-11+/t15-,17+/m0/s1. The van der Waals surface area contributed by atoms with E-state index in [2.05, 4.69) is 20.7 Å². The summed E-state index contributed by atoms with van der Waals surface area (Å²) in [6.07, 6.45) is 2.44. The minimum atomic E-state index is -1.26. The molecule has 0 bridgehead atoms. The van der Waals surface area contributed by atoms with E-state index in [9.17, 15) is 9.90 Å². The van der Waals surface area contributed by atoms with Gasteiger partial charge in [-0.3, -0.25) is 0 Å². The number of methoxy groups -OCH3 is 1. The molecule has 0 aliphatic rings. The van der Waals surface area contributed by atoms with Gasteiger partial charge in [-0.05, 0) is 17.2 Å². The fraction of sp³-hybridized carbons (Fsp3) is 0.167. The van der Waals surface area contributed by atoms with Crippen LogP contribution in [-0.2, 0) is 9.53 Å². The molecule has 0 aliphatic heterocycles. The van der Waals surface area contributed by atoms with Gasteiger partial charge >= 0.3 is 5.97 Å². The summed E-state index contributed by atoms with van der Waals surface area (Å²) in [5.41, 5.74) is 1.82. The molecule has 0 fully saturated rings. The zero-order valence-electron chi connectivity index (χ0n) is 12.1. The van der Waals surface area contributed by atoms with Crippen LogP contribution in [-0.4, -0.2) is 24.3 Å². The van der Waals surface area contributed by atoms with E-state index in [1.54, 1.807) is 0 Å². The molecule has 114 valence electrons. The lowest BCUT2D eigenvalue weighted by Crippen LogP contribution is -2.28. The van der Waals surface area contributed by atoms with Gasteiger partial charge in [0.2, 0.25) is 0 Å². The Morgan fingerprint density at radius 1 is 1.14 bits per heavy atom. The Labute approximate surface area is 138 Å². The molecule has 4 heteroatoms. The first-order valence-electron chi connectivity index (χ1n) is 6.87. The maximum absolute atomic E-state index is 11.7. The zero-order valence-corrected chi connectivity index (χ0v) is 13.7. The molecular weight excluding hydrogens is 344 g/mol. The highest BCUT2D eigenvalue weighted by molar-refractivity contribution is 9.10. The normalized spacial score (nSPS) is 13.8. The summed E-state index contributed by atoms with van der Waals surface area (Å²) in [4.78, 5) is 11.7. The molecule has 0 saturated heterocycles. The summed E-state index contributed by atoms with van der Waals surface area (Å²) in [6.45, 7) is 0. The van der Waals surface area contributed by atoms with Crippen LogP contribution in [0.1, 0.15) is 17.0 Å². The highest BCUT2D eigenvalue weighted by Crippen LogP contribution is 2.29. The van der Waals surface area contributed by atoms with Crippen molar-refractivity contribution >= 4 is 28.0 Å². The van der Waals surface area contributed by atoms with E-state index < -0.39 is 18.0 Å². The van der Waals surface area contributed by atoms with Gasteiger partial charge < -0.3 is 9.84 Å². The highest BCUT2D eigenvalue weighted by atomic mass is 79.9. The fourth-order valence-corrected chi connectivity index (χ4v) is 2.72. The number of hydrogen-bond donors (Lipinski definition) is 1. The van der Waals surface area contributed by atoms with Crippen molar-refractivity contribution < 1.29 is 14.6 Å². The summed E-state index contributed by atoms with van der Waals surface area (Å²) in [7, 11) is 1.27. The summed E-state index contributed by atoms with van der Waals surface area (Å²) < 4.78 is 5.50. The minimum Gasteiger partial charge on any atom is -0.467 e. The first-order chi connectivity index (χ1) is 10.6. The van der Waals surface area contributed by atoms with Crippen molar-refractivity contribution in [3.8, 4) is 0 Å². The molecular formula is C18H17BrO3. The number of hydrogen-bond acceptors (Lipinski definition) is 3. The third kappa shape index (κ3) is 4.06. The molecule has 3 nitrogen and oxygen atoms in total. The Hall–Kier alpha value is -1.91. The van der Waals surface area contributed by atoms with E-state index in [4.69, 9.17) is 0 Å². The van der Waals surface area contributed by atoms with Gasteiger partial charge in [0.15, 0.2) is 6.10 Å². The molecule has 0 spiro atoms. The summed E-state index contributed by atoms with van der Waals surface area (Å²) in [6, 6.07) is 17.2. The first kappa shape index (κ1) is 16.5. The van der Waals surface area contributed by atoms with Crippen LogP contribution in [0.2, 0.25) is 0 Å². The van der Waals surface area contributed by atoms with Crippen LogP contribution in [0.5, 0.6) is 0 Å². The summed E-state index contributed by atoms with van der Waals surface area (Å²) in [5.74, 6) is -1.15. The number of halogens is 1. The predicted octanol–water partition coefficient (Wildman–Crippen LogP) is 3.78. The molecule has 22 heavy (non-hydrogen) atoms. The Balaban J connectivity index is 2.36. The summed E-state index contributed by atoms with van der Waals surface area (Å²) >= 11 is 3.47. The van der Waals surface area contributed by atoms with Crippen molar-refractivity contribution in [3.63, 3.8) is 0 Å². The molecule has 2 aromatic carbocycles. The maximum Gasteiger partial charge on any atom is 0.335 e. The molecule has 0 heterocycles. The number of benzene rings is 2. The van der Waals surface area contributed by atoms with Gasteiger partial charge in [0.05, 0.1) is 7.11 Å². The monoisotopic (exact) mass is 360 g/mol. The fourth-order valence-electron chi connectivity index (χ4n) is 2.17. The molecule has 2 atom stereocenters. The summed E-state index contributed by atoms with van der Waals surface area (Å²) in [5, 5.41) is 10.3. The molecule has 0 amide bonds. The van der Waals surface area contributed by atoms with Crippen molar-refractivity contribution in [2.24, 2.45) is 0 Å². The second-order valence-corrected chi connectivity index (χ2v) is 5.64. The second-order valence-electron chi connectivity index (χ2n) is 4.79. The average molecular weight is 361 g/mol. The third-order valence-corrected chi connectivity index (χ3v) is 4.06. The van der Waals surface area contributed by atoms with Gasteiger partial charge in [0.25, 0.3) is 0 Å². The van der Waals surface area contributed by atoms with Crippen molar-refractivity contribution in [3.05, 3.63) is 76.3 Å². The molecule has 0 saturated carbocycles. The van der Waals surface area contributed by atoms with Gasteiger partial charge in [-0.25, -0.2) is 4.79 Å². The lowest BCUT2D eigenvalue weighted by molar-refractivity contribution is -0.150. The van der Waals surface area contributed by atoms with Crippen LogP contribution in [0.25, 0.3) is 6.08 Å². The van der Waals surface area contributed by atoms with Crippen molar-refractivity contribution in [2.75, 3.05) is 7.11 Å². The number of rotatable bonds is 5. The average Bonchev–Trinajstić information content (AvgIpc) is 2.56. The predicted molar refractivity (Wildman–Crippen MR) is 90.4 cm³/mol. The van der Waals surface area contributed by atoms with Gasteiger partial charge in [-0.15, -0.1) is 0 Å². The van der Waals surface area contributed by atoms with Crippen LogP contribution < -0.4 is 0 Å². The van der Waals surface area contributed by atoms with Crippen LogP contribution in [0.4, 0.5) is 0 Å². The number of aliphatic hydroxyl groups is 1. The number of aliphatic hydroxyl groups excluding tert-OH is 1. The van der Waals surface area contributed by atoms with Crippen molar-refractivity contribution in [1.29, 1.82) is 0 Å². The van der Waals surface area contributed by atoms with Gasteiger partial charge in [-0.2, -0.15) is 0 Å². The van der Waals surface area contributed by atoms with E-state index in [1.807, 2.05) is 66.7 Å². The van der Waals surface area contributed by atoms with E-state index in [0.717, 1.165) is 15.6 Å². The Kier molecular flexibility index (Phi) is 5.92. The van der Waals surface area contributed by atoms with Crippen LogP contribution >= 0.6 is 15.9 Å². The third-order valence-electron chi connectivity index (χ3n) is 3.34. The largest absolute Gasteiger partial charge is 0.467 e. The maximum atomic E-state index is 11.7. The molecule has 1 N–H and O–H groups in total. The smallest absolute Gasteiger partial charge is 0.335 e. The lowest BCUT2D eigenvalue weighted by Gasteiger charge is -2.19. The lowest BCUT2D eigenvalue weighted by atomic mass is 9.92. The van der Waals surface area contributed by atoms with E-state index in [0.29, 0.717) is 0 Å². The molecule has 0 aliphatic carbocycles. The quantitative estimate of drug-likeness (QED) is 0.825. The van der Waals surface area contributed by atoms with Crippen molar-refractivity contribution in [2.45, 2.75) is 12.0 Å². The topological polar surface area (TPSA) is 46.5 Å². The molecule has 0 unspecified atom stereocenters. The number of carbonyl (C=O) groups excluding carboxylic acids is 1. The van der Waals surface area contributed by atoms with Gasteiger partial charge in [0.1, 0.15) is 0 Å². The van der Waals surface area contributed by atoms with Crippen molar-refractivity contribution in [1.82, 2.24) is 0 Å². The van der Waals surface area contributed by atoms with Gasteiger partial charge in [-0.1, -0.05) is 76.6 Å². The molecule has 0 radical (unpaired) electrons. The van der Waals surface area contributed by atoms with E-state index in [1.165, 1.54) is 7.11 Å². The Morgan fingerprint density at radius 3 is 2.41 bits per heavy atom. The number of esters is 1. The first-order valence-corrected chi connectivity index (χ1v) is 7.66. The zero-order chi connectivity index (χ0) is 15.9. The highest BCUT2D eigenvalue weighted by Gasteiger charge is 2.27. The molecule has 2 rings (SSSR count). The Bertz CT molecular complexity index is 652. The van der Waals surface area contributed by atoms with Crippen LogP contribution in [0.15, 0.2) is 65.1 Å². The van der Waals surface area contributed by atoms with Crippen LogP contribution in [0.3, 0.4) is 0 Å². The molecule has 2 aromatic rings. The number of ether oxygens (including phenoxy) is 1. The van der Waals surface area contributed by atoms with E-state index in [-0.39, 0.29) is 0 Å². The number of carbonyl (C=O) groups is 1. The minimum absolute atomic E-state index is 0.497. The Morgan fingerprint density at radius 2 is 1.77 bits per heavy atom. The van der Waals surface area contributed by atoms with Crippen LogP contribution in [0, 0.1) is 0 Å². The SMILES string of the molecule is COC(=O)[C@H](O)[C@@H](/C=C/c1ccccc1)c1ccccc1Br. The molecule has 0 aromatic heterocycles. The second kappa shape index (κ2) is 7.92. The van der Waals surface area contributed by atoms with E-state index >= 15 is 0 Å².